The Hall–Kier alpha value is -2.18. The number of carboxylic acid groups (broad SMARTS) is 1. The van der Waals surface area contributed by atoms with Crippen molar-refractivity contribution in [2.75, 3.05) is 40.3 Å². The monoisotopic (exact) mass is 451 g/mol. The molecule has 1 aromatic heterocycles. The van der Waals surface area contributed by atoms with Gasteiger partial charge in [-0.3, -0.25) is 14.5 Å². The number of aliphatic carboxylic acids is 1. The van der Waals surface area contributed by atoms with E-state index in [4.69, 9.17) is 14.6 Å². The zero-order valence-electron chi connectivity index (χ0n) is 17.0. The van der Waals surface area contributed by atoms with E-state index < -0.39 is 12.1 Å². The molecule has 1 unspecified atom stereocenters. The van der Waals surface area contributed by atoms with E-state index in [1.54, 1.807) is 18.4 Å². The number of thiophene rings is 1. The van der Waals surface area contributed by atoms with Crippen molar-refractivity contribution in [2.24, 2.45) is 0 Å². The molecule has 8 nitrogen and oxygen atoms in total. The summed E-state index contributed by atoms with van der Waals surface area (Å²) in [5.74, 6) is -2.71. The second-order valence-electron chi connectivity index (χ2n) is 7.35. The predicted molar refractivity (Wildman–Crippen MR) is 103 cm³/mol. The van der Waals surface area contributed by atoms with E-state index in [1.807, 2.05) is 36.8 Å². The summed E-state index contributed by atoms with van der Waals surface area (Å²) in [5.41, 5.74) is 0.840. The first-order valence-electron chi connectivity index (χ1n) is 9.02. The van der Waals surface area contributed by atoms with Gasteiger partial charge in [-0.25, -0.2) is 4.79 Å². The van der Waals surface area contributed by atoms with Crippen LogP contribution in [0.25, 0.3) is 0 Å². The third-order valence-electron chi connectivity index (χ3n) is 5.03. The number of likely N-dealkylation sites (tertiary alicyclic amines) is 1. The van der Waals surface area contributed by atoms with Gasteiger partial charge in [0.2, 0.25) is 5.91 Å². The summed E-state index contributed by atoms with van der Waals surface area (Å²) in [6.07, 6.45) is -5.08. The van der Waals surface area contributed by atoms with Crippen LogP contribution >= 0.6 is 11.3 Å². The smallest absolute Gasteiger partial charge is 0.475 e. The molecule has 2 aliphatic rings. The summed E-state index contributed by atoms with van der Waals surface area (Å²) in [4.78, 5) is 39.0. The minimum absolute atomic E-state index is 0.0286. The van der Waals surface area contributed by atoms with E-state index in [-0.39, 0.29) is 23.5 Å². The fraction of sp³-hybridized carbons (Fsp3) is 0.611. The Balaban J connectivity index is 0.000000396. The molecule has 30 heavy (non-hydrogen) atoms. The van der Waals surface area contributed by atoms with Crippen LogP contribution in [0.2, 0.25) is 0 Å². The number of amides is 2. The van der Waals surface area contributed by atoms with Gasteiger partial charge in [-0.15, -0.1) is 11.3 Å². The number of carbonyl (C=O) groups is 3. The summed E-state index contributed by atoms with van der Waals surface area (Å²) in [6.45, 7) is 6.27. The Morgan fingerprint density at radius 1 is 1.27 bits per heavy atom. The first-order valence-corrected chi connectivity index (χ1v) is 9.83. The molecule has 1 spiro atoms. The van der Waals surface area contributed by atoms with Crippen LogP contribution in [0.15, 0.2) is 6.07 Å². The molecule has 0 aliphatic carbocycles. The average Bonchev–Trinajstić information content (AvgIpc) is 2.97. The van der Waals surface area contributed by atoms with Gasteiger partial charge in [-0.1, -0.05) is 0 Å². The van der Waals surface area contributed by atoms with Crippen molar-refractivity contribution in [1.82, 2.24) is 15.1 Å². The number of nitrogens with one attached hydrogen (secondary N) is 1. The molecule has 2 saturated heterocycles. The molecule has 0 bridgehead atoms. The summed E-state index contributed by atoms with van der Waals surface area (Å²) in [5, 5.41) is 9.79. The van der Waals surface area contributed by atoms with Gasteiger partial charge in [0.1, 0.15) is 11.6 Å². The van der Waals surface area contributed by atoms with Gasteiger partial charge in [0, 0.05) is 18.5 Å². The highest BCUT2D eigenvalue weighted by molar-refractivity contribution is 7.14. The molecular formula is C18H24F3N3O5S. The van der Waals surface area contributed by atoms with Gasteiger partial charge < -0.3 is 20.1 Å². The van der Waals surface area contributed by atoms with E-state index in [2.05, 4.69) is 5.32 Å². The number of nitrogens with zero attached hydrogens (tertiary/aromatic N) is 2. The third kappa shape index (κ3) is 5.29. The lowest BCUT2D eigenvalue weighted by atomic mass is 9.90. The first-order chi connectivity index (χ1) is 13.8. The van der Waals surface area contributed by atoms with Gasteiger partial charge in [-0.2, -0.15) is 13.2 Å². The molecule has 1 atom stereocenters. The Morgan fingerprint density at radius 2 is 1.83 bits per heavy atom. The van der Waals surface area contributed by atoms with Crippen molar-refractivity contribution in [2.45, 2.75) is 31.7 Å². The quantitative estimate of drug-likeness (QED) is 0.703. The fourth-order valence-electron chi connectivity index (χ4n) is 3.25. The highest BCUT2D eigenvalue weighted by Crippen LogP contribution is 2.33. The highest BCUT2D eigenvalue weighted by atomic mass is 32.1. The normalized spacial score (nSPS) is 20.8. The molecule has 1 aromatic rings. The molecular weight excluding hydrogens is 427 g/mol. The highest BCUT2D eigenvalue weighted by Gasteiger charge is 2.51. The molecule has 0 saturated carbocycles. The van der Waals surface area contributed by atoms with Crippen molar-refractivity contribution in [3.05, 3.63) is 21.4 Å². The summed E-state index contributed by atoms with van der Waals surface area (Å²) < 4.78 is 37.7. The molecule has 2 N–H and O–H groups in total. The SMILES string of the molecule is CNC(=O)C1COC2(CN(C(=O)c3cc(C)c(C)s3)C2)CN1C.O=C(O)C(F)(F)F. The number of hydrogen-bond acceptors (Lipinski definition) is 6. The van der Waals surface area contributed by atoms with E-state index in [0.717, 1.165) is 10.4 Å². The minimum atomic E-state index is -5.08. The third-order valence-corrected chi connectivity index (χ3v) is 6.17. The number of alkyl halides is 3. The van der Waals surface area contributed by atoms with Gasteiger partial charge in [0.15, 0.2) is 0 Å². The van der Waals surface area contributed by atoms with Crippen LogP contribution in [0.3, 0.4) is 0 Å². The molecule has 0 aromatic carbocycles. The van der Waals surface area contributed by atoms with E-state index >= 15 is 0 Å². The number of halogens is 3. The maximum Gasteiger partial charge on any atom is 0.490 e. The number of ether oxygens (including phenoxy) is 1. The topological polar surface area (TPSA) is 99.2 Å². The molecule has 168 valence electrons. The lowest BCUT2D eigenvalue weighted by molar-refractivity contribution is -0.192. The minimum Gasteiger partial charge on any atom is -0.475 e. The van der Waals surface area contributed by atoms with Crippen LogP contribution in [0.1, 0.15) is 20.1 Å². The lowest BCUT2D eigenvalue weighted by Crippen LogP contribution is -2.73. The van der Waals surface area contributed by atoms with Crippen LogP contribution in [0, 0.1) is 13.8 Å². The number of carbonyl (C=O) groups excluding carboxylic acids is 2. The van der Waals surface area contributed by atoms with Crippen LogP contribution in [-0.2, 0) is 14.3 Å². The molecule has 3 heterocycles. The van der Waals surface area contributed by atoms with Crippen molar-refractivity contribution in [3.8, 4) is 0 Å². The first kappa shape index (κ1) is 24.1. The largest absolute Gasteiger partial charge is 0.490 e. The van der Waals surface area contributed by atoms with E-state index in [9.17, 15) is 22.8 Å². The van der Waals surface area contributed by atoms with Gasteiger partial charge in [0.05, 0.1) is 24.6 Å². The Kier molecular flexibility index (Phi) is 7.15. The summed E-state index contributed by atoms with van der Waals surface area (Å²) in [6, 6.07) is 1.71. The zero-order chi connectivity index (χ0) is 22.9. The fourth-order valence-corrected chi connectivity index (χ4v) is 4.26. The van der Waals surface area contributed by atoms with Crippen molar-refractivity contribution >= 4 is 29.1 Å². The van der Waals surface area contributed by atoms with Crippen molar-refractivity contribution < 1.29 is 37.4 Å². The summed E-state index contributed by atoms with van der Waals surface area (Å²) in [7, 11) is 3.57. The number of hydrogen-bond donors (Lipinski definition) is 2. The van der Waals surface area contributed by atoms with Crippen LogP contribution in [-0.4, -0.2) is 90.8 Å². The van der Waals surface area contributed by atoms with E-state index in [0.29, 0.717) is 26.2 Å². The number of carboxylic acids is 1. The maximum atomic E-state index is 12.5. The van der Waals surface area contributed by atoms with Gasteiger partial charge >= 0.3 is 12.1 Å². The molecule has 0 radical (unpaired) electrons. The molecule has 2 fully saturated rings. The van der Waals surface area contributed by atoms with Crippen LogP contribution in [0.4, 0.5) is 13.2 Å². The van der Waals surface area contributed by atoms with Gasteiger partial charge in [0.25, 0.3) is 5.91 Å². The van der Waals surface area contributed by atoms with Crippen LogP contribution in [0.5, 0.6) is 0 Å². The Morgan fingerprint density at radius 3 is 2.23 bits per heavy atom. The number of aryl methyl sites for hydroxylation is 2. The maximum absolute atomic E-state index is 12.5. The Labute approximate surface area is 175 Å². The number of morpholine rings is 1. The Bertz CT molecular complexity index is 801. The molecule has 3 rings (SSSR count). The second-order valence-corrected chi connectivity index (χ2v) is 8.61. The number of likely N-dealkylation sites (N-methyl/N-ethyl adjacent to an activating group) is 2. The second kappa shape index (κ2) is 8.90. The number of rotatable bonds is 2. The predicted octanol–water partition coefficient (Wildman–Crippen LogP) is 1.27. The molecule has 2 amide bonds. The standard InChI is InChI=1S/C16H23N3O3S.C2HF3O2/c1-10-5-13(23-11(10)2)15(21)19-8-16(9-19)7-18(4)12(6-22-16)14(20)17-3;3-2(4,5)1(6)7/h5,12H,6-9H2,1-4H3,(H,17,20);(H,6,7). The van der Waals surface area contributed by atoms with Gasteiger partial charge in [-0.05, 0) is 32.5 Å². The zero-order valence-corrected chi connectivity index (χ0v) is 17.8. The van der Waals surface area contributed by atoms with Crippen molar-refractivity contribution in [3.63, 3.8) is 0 Å². The molecule has 12 heteroatoms. The lowest BCUT2D eigenvalue weighted by Gasteiger charge is -2.54. The van der Waals surface area contributed by atoms with Crippen LogP contribution < -0.4 is 5.32 Å². The van der Waals surface area contributed by atoms with Crippen molar-refractivity contribution in [1.29, 1.82) is 0 Å². The average molecular weight is 451 g/mol. The summed E-state index contributed by atoms with van der Waals surface area (Å²) >= 11 is 1.55. The molecule has 2 aliphatic heterocycles. The van der Waals surface area contributed by atoms with E-state index in [1.165, 1.54) is 4.88 Å².